The van der Waals surface area contributed by atoms with Crippen molar-refractivity contribution in [3.63, 3.8) is 0 Å². The molecular weight excluding hydrogens is 418 g/mol. The van der Waals surface area contributed by atoms with Crippen LogP contribution in [0.3, 0.4) is 0 Å². The van der Waals surface area contributed by atoms with Gasteiger partial charge >= 0.3 is 0 Å². The van der Waals surface area contributed by atoms with E-state index in [9.17, 15) is 4.79 Å². The molecule has 0 saturated heterocycles. The maximum Gasteiger partial charge on any atom is 0.180 e. The Labute approximate surface area is 199 Å². The molecule has 6 heteroatoms. The van der Waals surface area contributed by atoms with Gasteiger partial charge in [0.05, 0.1) is 23.8 Å². The maximum atomic E-state index is 13.3. The van der Waals surface area contributed by atoms with E-state index in [4.69, 9.17) is 17.0 Å². The molecule has 2 aliphatic carbocycles. The molecular formula is C26H41N3O2S. The number of rotatable bonds is 8. The Bertz CT molecular complexity index is 842. The Morgan fingerprint density at radius 2 is 1.91 bits per heavy atom. The van der Waals surface area contributed by atoms with E-state index < -0.39 is 0 Å². The SMILES string of the molecule is CCC1CC(N(C)CC2CC2)C(=O)c2ccc(NC(=S)NC(C)(C)COC(C)(C)C)cc21. The van der Waals surface area contributed by atoms with E-state index in [2.05, 4.69) is 49.4 Å². The van der Waals surface area contributed by atoms with E-state index >= 15 is 0 Å². The number of ether oxygens (including phenoxy) is 1. The fraction of sp³-hybridized carbons (Fsp3) is 0.692. The molecule has 2 unspecified atom stereocenters. The quantitative estimate of drug-likeness (QED) is 0.511. The summed E-state index contributed by atoms with van der Waals surface area (Å²) in [5.74, 6) is 1.43. The van der Waals surface area contributed by atoms with Crippen molar-refractivity contribution >= 4 is 28.8 Å². The van der Waals surface area contributed by atoms with E-state index in [-0.39, 0.29) is 23.0 Å². The molecule has 0 aromatic heterocycles. The molecule has 0 aliphatic heterocycles. The van der Waals surface area contributed by atoms with Crippen molar-refractivity contribution in [2.24, 2.45) is 5.92 Å². The van der Waals surface area contributed by atoms with Gasteiger partial charge in [-0.3, -0.25) is 9.69 Å². The van der Waals surface area contributed by atoms with E-state index in [1.54, 1.807) is 0 Å². The predicted octanol–water partition coefficient (Wildman–Crippen LogP) is 5.36. The van der Waals surface area contributed by atoms with E-state index in [1.807, 2.05) is 32.9 Å². The fourth-order valence-electron chi connectivity index (χ4n) is 4.39. The van der Waals surface area contributed by atoms with E-state index in [0.29, 0.717) is 17.6 Å². The highest BCUT2D eigenvalue weighted by atomic mass is 32.1. The van der Waals surface area contributed by atoms with Crippen LogP contribution in [-0.4, -0.2) is 53.2 Å². The molecule has 1 saturated carbocycles. The molecule has 3 rings (SSSR count). The van der Waals surface area contributed by atoms with Crippen molar-refractivity contribution in [1.82, 2.24) is 10.2 Å². The summed E-state index contributed by atoms with van der Waals surface area (Å²) in [6.07, 6.45) is 4.54. The third-order valence-electron chi connectivity index (χ3n) is 6.41. The Kier molecular flexibility index (Phi) is 7.68. The molecule has 5 nitrogen and oxygen atoms in total. The normalized spacial score (nSPS) is 21.4. The molecule has 0 spiro atoms. The lowest BCUT2D eigenvalue weighted by Crippen LogP contribution is -2.49. The van der Waals surface area contributed by atoms with Crippen molar-refractivity contribution in [2.45, 2.75) is 90.3 Å². The lowest BCUT2D eigenvalue weighted by atomic mass is 9.77. The molecule has 32 heavy (non-hydrogen) atoms. The number of carbonyl (C=O) groups is 1. The monoisotopic (exact) mass is 459 g/mol. The van der Waals surface area contributed by atoms with Crippen LogP contribution in [0.2, 0.25) is 0 Å². The molecule has 1 aromatic rings. The summed E-state index contributed by atoms with van der Waals surface area (Å²) in [4.78, 5) is 15.6. The van der Waals surface area contributed by atoms with Crippen LogP contribution in [0.15, 0.2) is 18.2 Å². The van der Waals surface area contributed by atoms with Crippen molar-refractivity contribution in [1.29, 1.82) is 0 Å². The van der Waals surface area contributed by atoms with E-state index in [0.717, 1.165) is 42.1 Å². The van der Waals surface area contributed by atoms with Crippen molar-refractivity contribution in [3.8, 4) is 0 Å². The second-order valence-electron chi connectivity index (χ2n) is 11.3. The van der Waals surface area contributed by atoms with Crippen LogP contribution in [0, 0.1) is 5.92 Å². The minimum absolute atomic E-state index is 0.00165. The zero-order valence-corrected chi connectivity index (χ0v) is 21.7. The minimum atomic E-state index is -0.299. The molecule has 178 valence electrons. The number of hydrogen-bond acceptors (Lipinski definition) is 4. The Morgan fingerprint density at radius 3 is 2.50 bits per heavy atom. The Hall–Kier alpha value is -1.50. The first kappa shape index (κ1) is 25.1. The number of carbonyl (C=O) groups excluding carboxylic acids is 1. The molecule has 0 bridgehead atoms. The summed E-state index contributed by atoms with van der Waals surface area (Å²) in [6.45, 7) is 14.1. The average Bonchev–Trinajstić information content (AvgIpc) is 3.50. The number of hydrogen-bond donors (Lipinski definition) is 2. The average molecular weight is 460 g/mol. The highest BCUT2D eigenvalue weighted by Gasteiger charge is 2.37. The van der Waals surface area contributed by atoms with Crippen LogP contribution in [0.1, 0.15) is 89.1 Å². The number of fused-ring (bicyclic) bond motifs is 1. The van der Waals surface area contributed by atoms with Gasteiger partial charge in [0.2, 0.25) is 0 Å². The van der Waals surface area contributed by atoms with Gasteiger partial charge in [0.1, 0.15) is 0 Å². The van der Waals surface area contributed by atoms with Gasteiger partial charge in [-0.2, -0.15) is 0 Å². The first-order chi connectivity index (χ1) is 14.9. The lowest BCUT2D eigenvalue weighted by molar-refractivity contribution is -0.0264. The first-order valence-corrected chi connectivity index (χ1v) is 12.4. The van der Waals surface area contributed by atoms with Crippen molar-refractivity contribution in [2.75, 3.05) is 25.5 Å². The van der Waals surface area contributed by atoms with Gasteiger partial charge in [-0.25, -0.2) is 0 Å². The number of nitrogens with zero attached hydrogens (tertiary/aromatic N) is 1. The molecule has 0 radical (unpaired) electrons. The van der Waals surface area contributed by atoms with Crippen LogP contribution in [0.5, 0.6) is 0 Å². The molecule has 2 N–H and O–H groups in total. The molecule has 2 atom stereocenters. The summed E-state index contributed by atoms with van der Waals surface area (Å²) in [6, 6.07) is 6.07. The molecule has 1 fully saturated rings. The lowest BCUT2D eigenvalue weighted by Gasteiger charge is -2.36. The topological polar surface area (TPSA) is 53.6 Å². The smallest absolute Gasteiger partial charge is 0.180 e. The van der Waals surface area contributed by atoms with Crippen LogP contribution in [0.4, 0.5) is 5.69 Å². The highest BCUT2D eigenvalue weighted by molar-refractivity contribution is 7.80. The van der Waals surface area contributed by atoms with E-state index in [1.165, 1.54) is 12.8 Å². The number of ketones is 1. The minimum Gasteiger partial charge on any atom is -0.373 e. The summed E-state index contributed by atoms with van der Waals surface area (Å²) in [5.41, 5.74) is 2.45. The molecule has 1 aromatic carbocycles. The first-order valence-electron chi connectivity index (χ1n) is 12.0. The maximum absolute atomic E-state index is 13.3. The predicted molar refractivity (Wildman–Crippen MR) is 137 cm³/mol. The van der Waals surface area contributed by atoms with Crippen molar-refractivity contribution in [3.05, 3.63) is 29.3 Å². The number of thiocarbonyl (C=S) groups is 1. The van der Waals surface area contributed by atoms with Gasteiger partial charge in [0.15, 0.2) is 10.9 Å². The number of anilines is 1. The van der Waals surface area contributed by atoms with Crippen LogP contribution in [0.25, 0.3) is 0 Å². The van der Waals surface area contributed by atoms with Gasteiger partial charge in [-0.05, 0) is 115 Å². The Morgan fingerprint density at radius 1 is 1.22 bits per heavy atom. The standard InChI is InChI=1S/C26H41N3O2S/c1-8-18-13-22(29(7)15-17-9-10-17)23(30)20-12-11-19(14-21(18)20)27-24(32)28-26(5,6)16-31-25(2,3)4/h11-12,14,17-18,22H,8-10,13,15-16H2,1-7H3,(H2,27,28,32). The van der Waals surface area contributed by atoms with Gasteiger partial charge in [-0.15, -0.1) is 0 Å². The van der Waals surface area contributed by atoms with Gasteiger partial charge in [0.25, 0.3) is 0 Å². The molecule has 0 amide bonds. The zero-order chi connectivity index (χ0) is 23.7. The highest BCUT2D eigenvalue weighted by Crippen LogP contribution is 2.38. The summed E-state index contributed by atoms with van der Waals surface area (Å²) in [5, 5.41) is 7.24. The number of Topliss-reactive ketones (excluding diaryl/α,β-unsaturated/α-hetero) is 1. The zero-order valence-electron chi connectivity index (χ0n) is 20.9. The second kappa shape index (κ2) is 9.78. The number of benzene rings is 1. The third-order valence-corrected chi connectivity index (χ3v) is 6.62. The number of nitrogens with one attached hydrogen (secondary N) is 2. The Balaban J connectivity index is 1.68. The summed E-state index contributed by atoms with van der Waals surface area (Å²) < 4.78 is 5.93. The summed E-state index contributed by atoms with van der Waals surface area (Å²) >= 11 is 5.58. The third kappa shape index (κ3) is 6.75. The second-order valence-corrected chi connectivity index (χ2v) is 11.7. The molecule has 0 heterocycles. The number of likely N-dealkylation sites (N-methyl/N-ethyl adjacent to an activating group) is 1. The molecule has 2 aliphatic rings. The van der Waals surface area contributed by atoms with Crippen LogP contribution >= 0.6 is 12.2 Å². The van der Waals surface area contributed by atoms with Gasteiger partial charge < -0.3 is 15.4 Å². The van der Waals surface area contributed by atoms with Crippen LogP contribution in [-0.2, 0) is 4.74 Å². The fourth-order valence-corrected chi connectivity index (χ4v) is 4.78. The largest absolute Gasteiger partial charge is 0.373 e. The van der Waals surface area contributed by atoms with Crippen LogP contribution < -0.4 is 10.6 Å². The van der Waals surface area contributed by atoms with Gasteiger partial charge in [-0.1, -0.05) is 6.92 Å². The van der Waals surface area contributed by atoms with Gasteiger partial charge in [0, 0.05) is 17.8 Å². The van der Waals surface area contributed by atoms with Crippen molar-refractivity contribution < 1.29 is 9.53 Å². The summed E-state index contributed by atoms with van der Waals surface area (Å²) in [7, 11) is 2.11.